The molecule has 6 heteroatoms. The maximum atomic E-state index is 11.7. The van der Waals surface area contributed by atoms with Gasteiger partial charge >= 0.3 is 0 Å². The predicted molar refractivity (Wildman–Crippen MR) is 132 cm³/mol. The minimum absolute atomic E-state index is 0.0289. The monoisotopic (exact) mass is 460 g/mol. The van der Waals surface area contributed by atoms with E-state index >= 15 is 0 Å². The molecule has 0 aliphatic heterocycles. The lowest BCUT2D eigenvalue weighted by Crippen LogP contribution is -2.24. The number of ketones is 4. The SMILES string of the molecule is CC(C)(C)C(=O)CCSSCCC(=O)C(C)(C)C.CC(C)C(=O)CC(=O)C(C)(C)C. The second-order valence-corrected chi connectivity index (χ2v) is 13.7. The molecule has 30 heavy (non-hydrogen) atoms. The Morgan fingerprint density at radius 1 is 0.600 bits per heavy atom. The largest absolute Gasteiger partial charge is 0.299 e. The second kappa shape index (κ2) is 13.7. The summed E-state index contributed by atoms with van der Waals surface area (Å²) in [6.07, 6.45) is 1.32. The first-order chi connectivity index (χ1) is 13.3. The van der Waals surface area contributed by atoms with Crippen LogP contribution in [-0.4, -0.2) is 34.6 Å². The Balaban J connectivity index is 0. The maximum Gasteiger partial charge on any atom is 0.145 e. The molecule has 176 valence electrons. The molecule has 0 aromatic rings. The minimum Gasteiger partial charge on any atom is -0.299 e. The van der Waals surface area contributed by atoms with Gasteiger partial charge in [0.2, 0.25) is 0 Å². The van der Waals surface area contributed by atoms with E-state index in [1.165, 1.54) is 0 Å². The van der Waals surface area contributed by atoms with E-state index in [2.05, 4.69) is 0 Å². The quantitative estimate of drug-likeness (QED) is 0.208. The fourth-order valence-corrected chi connectivity index (χ4v) is 3.74. The highest BCUT2D eigenvalue weighted by Crippen LogP contribution is 2.27. The van der Waals surface area contributed by atoms with Gasteiger partial charge in [0.15, 0.2) is 0 Å². The van der Waals surface area contributed by atoms with E-state index in [9.17, 15) is 19.2 Å². The first-order valence-electron chi connectivity index (χ1n) is 10.7. The molecule has 4 nitrogen and oxygen atoms in total. The first kappa shape index (κ1) is 31.6. The van der Waals surface area contributed by atoms with Crippen LogP contribution >= 0.6 is 21.6 Å². The van der Waals surface area contributed by atoms with Crippen LogP contribution in [0.15, 0.2) is 0 Å². The van der Waals surface area contributed by atoms with Crippen molar-refractivity contribution in [2.45, 2.75) is 95.4 Å². The van der Waals surface area contributed by atoms with Gasteiger partial charge in [-0.3, -0.25) is 19.2 Å². The van der Waals surface area contributed by atoms with Crippen molar-refractivity contribution in [3.63, 3.8) is 0 Å². The third kappa shape index (κ3) is 16.1. The molecule has 0 aromatic heterocycles. The predicted octanol–water partition coefficient (Wildman–Crippen LogP) is 6.60. The number of hydrogen-bond donors (Lipinski definition) is 0. The number of rotatable bonds is 10. The normalized spacial score (nSPS) is 12.3. The Bertz CT molecular complexity index is 543. The number of hydrogen-bond acceptors (Lipinski definition) is 6. The van der Waals surface area contributed by atoms with Crippen molar-refractivity contribution in [2.75, 3.05) is 11.5 Å². The van der Waals surface area contributed by atoms with Gasteiger partial charge in [0.05, 0.1) is 6.42 Å². The molecule has 0 amide bonds. The van der Waals surface area contributed by atoms with Gasteiger partial charge in [0, 0.05) is 46.5 Å². The van der Waals surface area contributed by atoms with Crippen LogP contribution in [-0.2, 0) is 19.2 Å². The van der Waals surface area contributed by atoms with Gasteiger partial charge < -0.3 is 0 Å². The van der Waals surface area contributed by atoms with Gasteiger partial charge in [-0.25, -0.2) is 0 Å². The zero-order chi connectivity index (χ0) is 24.3. The molecule has 0 radical (unpaired) electrons. The molecule has 0 N–H and O–H groups in total. The highest BCUT2D eigenvalue weighted by Gasteiger charge is 2.24. The molecule has 0 rings (SSSR count). The third-order valence-electron chi connectivity index (χ3n) is 4.40. The van der Waals surface area contributed by atoms with Crippen molar-refractivity contribution in [3.05, 3.63) is 0 Å². The first-order valence-corrected chi connectivity index (χ1v) is 13.2. The standard InChI is InChI=1S/C14H26O2S2.C10H18O2/c1-13(2,3)11(15)7-9-17-18-10-8-12(16)14(4,5)6;1-7(2)8(11)6-9(12)10(3,4)5/h7-10H2,1-6H3;7H,6H2,1-5H3. The molecular weight excluding hydrogens is 416 g/mol. The summed E-state index contributed by atoms with van der Waals surface area (Å²) in [5, 5.41) is 0. The Hall–Kier alpha value is -0.620. The van der Waals surface area contributed by atoms with Crippen LogP contribution in [0.1, 0.15) is 95.4 Å². The van der Waals surface area contributed by atoms with Crippen molar-refractivity contribution >= 4 is 44.7 Å². The van der Waals surface area contributed by atoms with E-state index in [-0.39, 0.29) is 40.2 Å². The third-order valence-corrected chi connectivity index (χ3v) is 6.80. The summed E-state index contributed by atoms with van der Waals surface area (Å²) in [7, 11) is 3.39. The topological polar surface area (TPSA) is 68.3 Å². The molecule has 0 aliphatic carbocycles. The van der Waals surface area contributed by atoms with Crippen LogP contribution in [0.25, 0.3) is 0 Å². The van der Waals surface area contributed by atoms with Crippen molar-refractivity contribution in [3.8, 4) is 0 Å². The zero-order valence-electron chi connectivity index (χ0n) is 21.1. The maximum absolute atomic E-state index is 11.7. The summed E-state index contributed by atoms with van der Waals surface area (Å²) in [5.41, 5.74) is -0.842. The second-order valence-electron chi connectivity index (χ2n) is 11.0. The zero-order valence-corrected chi connectivity index (χ0v) is 22.7. The van der Waals surface area contributed by atoms with Gasteiger partial charge in [0.25, 0.3) is 0 Å². The van der Waals surface area contributed by atoms with Gasteiger partial charge in [-0.05, 0) is 0 Å². The van der Waals surface area contributed by atoms with Gasteiger partial charge in [-0.15, -0.1) is 0 Å². The van der Waals surface area contributed by atoms with Crippen molar-refractivity contribution in [1.82, 2.24) is 0 Å². The van der Waals surface area contributed by atoms with E-state index in [0.29, 0.717) is 24.4 Å². The molecule has 0 unspecified atom stereocenters. The Morgan fingerprint density at radius 2 is 0.900 bits per heavy atom. The molecule has 0 fully saturated rings. The highest BCUT2D eigenvalue weighted by atomic mass is 33.1. The molecule has 0 saturated heterocycles. The molecule has 0 saturated carbocycles. The fourth-order valence-electron chi connectivity index (χ4n) is 1.76. The summed E-state index contributed by atoms with van der Waals surface area (Å²) < 4.78 is 0. The van der Waals surface area contributed by atoms with Crippen LogP contribution in [0, 0.1) is 22.2 Å². The molecule has 0 aromatic carbocycles. The highest BCUT2D eigenvalue weighted by molar-refractivity contribution is 8.76. The van der Waals surface area contributed by atoms with Crippen LogP contribution in [0.4, 0.5) is 0 Å². The lowest BCUT2D eigenvalue weighted by molar-refractivity contribution is -0.133. The average Bonchev–Trinajstić information content (AvgIpc) is 2.55. The van der Waals surface area contributed by atoms with E-state index < -0.39 is 0 Å². The Morgan fingerprint density at radius 3 is 1.13 bits per heavy atom. The lowest BCUT2D eigenvalue weighted by Gasteiger charge is -2.16. The smallest absolute Gasteiger partial charge is 0.145 e. The molecule has 0 bridgehead atoms. The van der Waals surface area contributed by atoms with E-state index in [4.69, 9.17) is 0 Å². The van der Waals surface area contributed by atoms with Crippen LogP contribution in [0.3, 0.4) is 0 Å². The van der Waals surface area contributed by atoms with Gasteiger partial charge in [0.1, 0.15) is 23.1 Å². The number of Topliss-reactive ketones (excluding diaryl/α,β-unsaturated/α-hetero) is 4. The van der Waals surface area contributed by atoms with Crippen molar-refractivity contribution in [1.29, 1.82) is 0 Å². The minimum atomic E-state index is -0.384. The van der Waals surface area contributed by atoms with E-state index in [0.717, 1.165) is 11.5 Å². The van der Waals surface area contributed by atoms with E-state index in [1.807, 2.05) is 76.2 Å². The Kier molecular flexibility index (Phi) is 14.4. The molecular formula is C24H44O4S2. The summed E-state index contributed by atoms with van der Waals surface area (Å²) in [5.74, 6) is 2.32. The van der Waals surface area contributed by atoms with E-state index in [1.54, 1.807) is 21.6 Å². The Labute approximate surface area is 192 Å². The van der Waals surface area contributed by atoms with Crippen molar-refractivity contribution < 1.29 is 19.2 Å². The van der Waals surface area contributed by atoms with Gasteiger partial charge in [-0.2, -0.15) is 0 Å². The molecule has 0 heterocycles. The van der Waals surface area contributed by atoms with Crippen LogP contribution in [0.2, 0.25) is 0 Å². The fraction of sp³-hybridized carbons (Fsp3) is 0.833. The summed E-state index contributed by atoms with van der Waals surface area (Å²) in [6, 6.07) is 0. The van der Waals surface area contributed by atoms with Crippen molar-refractivity contribution in [2.24, 2.45) is 22.2 Å². The van der Waals surface area contributed by atoms with Gasteiger partial charge in [-0.1, -0.05) is 97.7 Å². The number of carbonyl (C=O) groups excluding carboxylic acids is 4. The average molecular weight is 461 g/mol. The lowest BCUT2D eigenvalue weighted by atomic mass is 9.86. The molecule has 0 aliphatic rings. The number of carbonyl (C=O) groups is 4. The summed E-state index contributed by atoms with van der Waals surface area (Å²) >= 11 is 0. The summed E-state index contributed by atoms with van der Waals surface area (Å²) in [4.78, 5) is 45.9. The van der Waals surface area contributed by atoms with Crippen LogP contribution in [0.5, 0.6) is 0 Å². The molecule has 0 atom stereocenters. The van der Waals surface area contributed by atoms with Crippen LogP contribution < -0.4 is 0 Å². The molecule has 0 spiro atoms. The summed E-state index contributed by atoms with van der Waals surface area (Å²) in [6.45, 7) is 20.9.